The van der Waals surface area contributed by atoms with Gasteiger partial charge in [-0.1, -0.05) is 23.5 Å². The van der Waals surface area contributed by atoms with Crippen molar-refractivity contribution in [3.63, 3.8) is 0 Å². The van der Waals surface area contributed by atoms with Gasteiger partial charge in [0.05, 0.1) is 21.3 Å². The van der Waals surface area contributed by atoms with Gasteiger partial charge in [-0.3, -0.25) is 14.5 Å². The molecule has 1 atom stereocenters. The third-order valence-corrected chi connectivity index (χ3v) is 6.50. The first-order chi connectivity index (χ1) is 15.5. The van der Waals surface area contributed by atoms with E-state index >= 15 is 0 Å². The van der Waals surface area contributed by atoms with Gasteiger partial charge >= 0.3 is 6.18 Å². The number of halogens is 3. The molecule has 6 nitrogen and oxygen atoms in total. The lowest BCUT2D eigenvalue weighted by atomic mass is 9.89. The van der Waals surface area contributed by atoms with E-state index in [1.165, 1.54) is 18.3 Å². The second-order valence-corrected chi connectivity index (χ2v) is 9.19. The lowest BCUT2D eigenvalue weighted by Crippen LogP contribution is -2.45. The average molecular weight is 476 g/mol. The van der Waals surface area contributed by atoms with Gasteiger partial charge in [-0.15, -0.1) is 0 Å². The van der Waals surface area contributed by atoms with Gasteiger partial charge in [-0.25, -0.2) is 4.98 Å². The van der Waals surface area contributed by atoms with Crippen molar-refractivity contribution in [2.24, 2.45) is 0 Å². The van der Waals surface area contributed by atoms with Crippen LogP contribution in [0.15, 0.2) is 30.3 Å². The van der Waals surface area contributed by atoms with Crippen molar-refractivity contribution >= 4 is 44.2 Å². The first-order valence-corrected chi connectivity index (χ1v) is 11.2. The Morgan fingerprint density at radius 3 is 2.61 bits per heavy atom. The SMILES string of the molecule is CC(=O)Nc1nc2c(C(=O)Nc3[c]ccc(C(F)(F)F)c3)c(C3CCN3C(C)C)ccc2s1. The highest BCUT2D eigenvalue weighted by atomic mass is 32.1. The Balaban J connectivity index is 1.77. The van der Waals surface area contributed by atoms with E-state index in [2.05, 4.69) is 40.4 Å². The molecule has 0 saturated carbocycles. The second-order valence-electron chi connectivity index (χ2n) is 8.16. The van der Waals surface area contributed by atoms with E-state index in [-0.39, 0.29) is 23.7 Å². The molecule has 1 aliphatic rings. The number of amides is 2. The molecule has 10 heteroatoms. The molecule has 1 fully saturated rings. The van der Waals surface area contributed by atoms with Gasteiger partial charge < -0.3 is 10.6 Å². The van der Waals surface area contributed by atoms with E-state index in [1.807, 2.05) is 12.1 Å². The van der Waals surface area contributed by atoms with Crippen LogP contribution >= 0.6 is 11.3 Å². The normalized spacial score (nSPS) is 16.6. The van der Waals surface area contributed by atoms with E-state index in [0.717, 1.165) is 36.7 Å². The number of anilines is 2. The Hall–Kier alpha value is -2.98. The number of nitrogens with zero attached hydrogens (tertiary/aromatic N) is 2. The molecule has 1 unspecified atom stereocenters. The number of hydrogen-bond acceptors (Lipinski definition) is 5. The molecular formula is C23H22F3N4O2S. The molecule has 0 bridgehead atoms. The fourth-order valence-electron chi connectivity index (χ4n) is 3.99. The minimum Gasteiger partial charge on any atom is -0.321 e. The maximum absolute atomic E-state index is 13.4. The Kier molecular flexibility index (Phi) is 6.15. The highest BCUT2D eigenvalue weighted by Crippen LogP contribution is 2.41. The molecule has 1 aromatic heterocycles. The van der Waals surface area contributed by atoms with Crippen molar-refractivity contribution in [2.45, 2.75) is 45.5 Å². The van der Waals surface area contributed by atoms with E-state index < -0.39 is 17.6 Å². The summed E-state index contributed by atoms with van der Waals surface area (Å²) in [6, 6.07) is 9.50. The summed E-state index contributed by atoms with van der Waals surface area (Å²) in [7, 11) is 0. The Labute approximate surface area is 192 Å². The summed E-state index contributed by atoms with van der Waals surface area (Å²) in [5, 5.41) is 5.55. The van der Waals surface area contributed by atoms with Crippen molar-refractivity contribution in [3.05, 3.63) is 53.1 Å². The maximum Gasteiger partial charge on any atom is 0.416 e. The van der Waals surface area contributed by atoms with Gasteiger partial charge in [-0.05, 0) is 44.0 Å². The van der Waals surface area contributed by atoms with Crippen LogP contribution in [0.4, 0.5) is 24.0 Å². The number of thiazole rings is 1. The number of nitrogens with one attached hydrogen (secondary N) is 2. The summed E-state index contributed by atoms with van der Waals surface area (Å²) in [6.45, 7) is 6.39. The van der Waals surface area contributed by atoms with E-state index in [9.17, 15) is 22.8 Å². The Morgan fingerprint density at radius 2 is 2.00 bits per heavy atom. The predicted octanol–water partition coefficient (Wildman–Crippen LogP) is 5.48. The fourth-order valence-corrected chi connectivity index (χ4v) is 4.91. The lowest BCUT2D eigenvalue weighted by molar-refractivity contribution is -0.137. The average Bonchev–Trinajstić information content (AvgIpc) is 3.07. The fraction of sp³-hybridized carbons (Fsp3) is 0.348. The molecule has 2 aromatic carbocycles. The molecule has 3 aromatic rings. The molecule has 1 aliphatic heterocycles. The number of fused-ring (bicyclic) bond motifs is 1. The van der Waals surface area contributed by atoms with Crippen LogP contribution in [0.25, 0.3) is 10.2 Å². The van der Waals surface area contributed by atoms with Gasteiger partial charge in [0.2, 0.25) is 5.91 Å². The van der Waals surface area contributed by atoms with Crippen molar-refractivity contribution < 1.29 is 22.8 Å². The van der Waals surface area contributed by atoms with Crippen molar-refractivity contribution in [3.8, 4) is 0 Å². The summed E-state index contributed by atoms with van der Waals surface area (Å²) in [5.74, 6) is -0.856. The minimum absolute atomic E-state index is 0.00782. The van der Waals surface area contributed by atoms with Crippen LogP contribution in [0, 0.1) is 6.07 Å². The number of carbonyl (C=O) groups is 2. The molecule has 2 heterocycles. The van der Waals surface area contributed by atoms with Gasteiger partial charge in [0.25, 0.3) is 5.91 Å². The molecule has 2 amide bonds. The number of rotatable bonds is 5. The maximum atomic E-state index is 13.4. The zero-order chi connectivity index (χ0) is 23.9. The monoisotopic (exact) mass is 475 g/mol. The molecule has 0 aliphatic carbocycles. The van der Waals surface area contributed by atoms with Gasteiger partial charge in [0.15, 0.2) is 5.13 Å². The quantitative estimate of drug-likeness (QED) is 0.512. The molecule has 33 heavy (non-hydrogen) atoms. The first-order valence-electron chi connectivity index (χ1n) is 10.4. The standard InChI is InChI=1S/C23H22F3N4O2S/c1-12(2)30-10-9-17(30)16-7-8-18-20(29-22(33-18)27-13(3)31)19(16)21(32)28-15-6-4-5-14(11-15)23(24,25)26/h4-5,7-8,11-12,17H,9-10H2,1-3H3,(H,28,32)(H,27,29,31). The number of aromatic nitrogens is 1. The number of benzene rings is 2. The topological polar surface area (TPSA) is 74.3 Å². The number of likely N-dealkylation sites (tertiary alicyclic amines) is 1. The van der Waals surface area contributed by atoms with Crippen LogP contribution in [-0.2, 0) is 11.0 Å². The highest BCUT2D eigenvalue weighted by molar-refractivity contribution is 7.22. The summed E-state index contributed by atoms with van der Waals surface area (Å²) in [5.41, 5.74) is 0.500. The molecule has 4 rings (SSSR count). The van der Waals surface area contributed by atoms with E-state index in [0.29, 0.717) is 20.9 Å². The molecule has 2 N–H and O–H groups in total. The second kappa shape index (κ2) is 8.75. The lowest BCUT2D eigenvalue weighted by Gasteiger charge is -2.44. The number of hydrogen-bond donors (Lipinski definition) is 2. The van der Waals surface area contributed by atoms with Crippen LogP contribution in [0.1, 0.15) is 54.7 Å². The summed E-state index contributed by atoms with van der Waals surface area (Å²) in [6.07, 6.45) is -3.69. The number of carbonyl (C=O) groups excluding carboxylic acids is 2. The van der Waals surface area contributed by atoms with Crippen molar-refractivity contribution in [1.29, 1.82) is 0 Å². The zero-order valence-corrected chi connectivity index (χ0v) is 19.0. The zero-order valence-electron chi connectivity index (χ0n) is 18.2. The Bertz CT molecular complexity index is 1220. The summed E-state index contributed by atoms with van der Waals surface area (Å²) >= 11 is 1.23. The van der Waals surface area contributed by atoms with Crippen LogP contribution in [0.5, 0.6) is 0 Å². The van der Waals surface area contributed by atoms with E-state index in [1.54, 1.807) is 0 Å². The molecule has 0 spiro atoms. The summed E-state index contributed by atoms with van der Waals surface area (Å²) < 4.78 is 40.0. The smallest absolute Gasteiger partial charge is 0.321 e. The van der Waals surface area contributed by atoms with Crippen molar-refractivity contribution in [2.75, 3.05) is 17.2 Å². The Morgan fingerprint density at radius 1 is 1.24 bits per heavy atom. The van der Waals surface area contributed by atoms with Gasteiger partial charge in [-0.2, -0.15) is 13.2 Å². The number of alkyl halides is 3. The van der Waals surface area contributed by atoms with Crippen LogP contribution in [-0.4, -0.2) is 34.3 Å². The van der Waals surface area contributed by atoms with E-state index in [4.69, 9.17) is 0 Å². The van der Waals surface area contributed by atoms with Crippen LogP contribution in [0.3, 0.4) is 0 Å². The van der Waals surface area contributed by atoms with Crippen molar-refractivity contribution in [1.82, 2.24) is 9.88 Å². The third-order valence-electron chi connectivity index (χ3n) is 5.56. The largest absolute Gasteiger partial charge is 0.416 e. The predicted molar refractivity (Wildman–Crippen MR) is 121 cm³/mol. The van der Waals surface area contributed by atoms with Gasteiger partial charge in [0, 0.05) is 37.3 Å². The summed E-state index contributed by atoms with van der Waals surface area (Å²) in [4.78, 5) is 31.6. The highest BCUT2D eigenvalue weighted by Gasteiger charge is 2.35. The molecule has 173 valence electrons. The first kappa shape index (κ1) is 23.2. The van der Waals surface area contributed by atoms with Gasteiger partial charge in [0.1, 0.15) is 0 Å². The third kappa shape index (κ3) is 4.72. The minimum atomic E-state index is -4.54. The van der Waals surface area contributed by atoms with Crippen LogP contribution < -0.4 is 10.6 Å². The molecule has 1 radical (unpaired) electrons. The molecule has 1 saturated heterocycles. The van der Waals surface area contributed by atoms with Crippen LogP contribution in [0.2, 0.25) is 0 Å². The molecular weight excluding hydrogens is 453 g/mol.